The highest BCUT2D eigenvalue weighted by Gasteiger charge is 2.38. The molecule has 0 atom stereocenters. The molecule has 1 fully saturated rings. The largest absolute Gasteiger partial charge is 0.508 e. The molecule has 0 unspecified atom stereocenters. The Hall–Kier alpha value is -1.60. The second kappa shape index (κ2) is 6.37. The molecular weight excluding hydrogens is 350 g/mol. The van der Waals surface area contributed by atoms with Crippen LogP contribution in [0.5, 0.6) is 5.75 Å². The van der Waals surface area contributed by atoms with Crippen molar-refractivity contribution in [2.75, 3.05) is 13.1 Å². The topological polar surface area (TPSA) is 77.8 Å². The molecule has 7 heteroatoms. The fourth-order valence-corrected chi connectivity index (χ4v) is 4.50. The average molecular weight is 368 g/mol. The van der Waals surface area contributed by atoms with Crippen molar-refractivity contribution in [2.45, 2.75) is 23.3 Å². The van der Waals surface area contributed by atoms with Gasteiger partial charge in [-0.25, -0.2) is 8.42 Å². The molecule has 24 heavy (non-hydrogen) atoms. The molecule has 0 spiro atoms. The second-order valence-electron chi connectivity index (χ2n) is 5.94. The SMILES string of the molecule is O=S(=O)(c1ccc(Cl)cc1)N1CCC(O)(c2cccc(O)c2)CC1. The van der Waals surface area contributed by atoms with Crippen LogP contribution in [0, 0.1) is 0 Å². The van der Waals surface area contributed by atoms with E-state index in [1.54, 1.807) is 24.3 Å². The number of rotatable bonds is 3. The lowest BCUT2D eigenvalue weighted by Crippen LogP contribution is -2.45. The number of nitrogens with zero attached hydrogens (tertiary/aromatic N) is 1. The first-order valence-corrected chi connectivity index (χ1v) is 9.41. The molecule has 5 nitrogen and oxygen atoms in total. The molecule has 1 aliphatic rings. The van der Waals surface area contributed by atoms with Gasteiger partial charge >= 0.3 is 0 Å². The molecule has 0 aliphatic carbocycles. The van der Waals surface area contributed by atoms with Crippen LogP contribution in [0.1, 0.15) is 18.4 Å². The van der Waals surface area contributed by atoms with E-state index in [-0.39, 0.29) is 36.6 Å². The Morgan fingerprint density at radius 3 is 2.25 bits per heavy atom. The van der Waals surface area contributed by atoms with Gasteiger partial charge in [-0.1, -0.05) is 23.7 Å². The fraction of sp³-hybridized carbons (Fsp3) is 0.294. The molecule has 2 aromatic carbocycles. The maximum absolute atomic E-state index is 12.7. The van der Waals surface area contributed by atoms with E-state index in [2.05, 4.69) is 0 Å². The third-order valence-electron chi connectivity index (χ3n) is 4.38. The predicted molar refractivity (Wildman–Crippen MR) is 91.4 cm³/mol. The quantitative estimate of drug-likeness (QED) is 0.874. The number of piperidine rings is 1. The van der Waals surface area contributed by atoms with Gasteiger partial charge < -0.3 is 10.2 Å². The Balaban J connectivity index is 1.78. The normalized spacial score (nSPS) is 18.4. The molecule has 2 N–H and O–H groups in total. The number of phenols is 1. The van der Waals surface area contributed by atoms with Crippen LogP contribution in [0.4, 0.5) is 0 Å². The number of benzene rings is 2. The summed E-state index contributed by atoms with van der Waals surface area (Å²) < 4.78 is 26.7. The van der Waals surface area contributed by atoms with Crippen LogP contribution in [0.25, 0.3) is 0 Å². The summed E-state index contributed by atoms with van der Waals surface area (Å²) in [4.78, 5) is 0.190. The molecule has 2 aromatic rings. The zero-order valence-corrected chi connectivity index (χ0v) is 14.5. The lowest BCUT2D eigenvalue weighted by atomic mass is 9.85. The first kappa shape index (κ1) is 17.2. The standard InChI is InChI=1S/C17H18ClNO4S/c18-14-4-6-16(7-5-14)24(22,23)19-10-8-17(21,9-11-19)13-2-1-3-15(20)12-13/h1-7,12,20-21H,8-11H2. The summed E-state index contributed by atoms with van der Waals surface area (Å²) in [5, 5.41) is 20.9. The highest BCUT2D eigenvalue weighted by molar-refractivity contribution is 7.89. The molecule has 0 amide bonds. The van der Waals surface area contributed by atoms with E-state index in [9.17, 15) is 18.6 Å². The molecule has 1 aliphatic heterocycles. The Morgan fingerprint density at radius 2 is 1.67 bits per heavy atom. The van der Waals surface area contributed by atoms with E-state index < -0.39 is 15.6 Å². The highest BCUT2D eigenvalue weighted by Crippen LogP contribution is 2.35. The van der Waals surface area contributed by atoms with Crippen LogP contribution in [-0.2, 0) is 15.6 Å². The van der Waals surface area contributed by atoms with Gasteiger partial charge in [0.05, 0.1) is 10.5 Å². The van der Waals surface area contributed by atoms with Crippen LogP contribution in [0.15, 0.2) is 53.4 Å². The number of hydrogen-bond acceptors (Lipinski definition) is 4. The van der Waals surface area contributed by atoms with Crippen molar-refractivity contribution in [1.29, 1.82) is 0 Å². The van der Waals surface area contributed by atoms with Crippen molar-refractivity contribution in [3.05, 3.63) is 59.1 Å². The molecule has 128 valence electrons. The van der Waals surface area contributed by atoms with Crippen LogP contribution < -0.4 is 0 Å². The number of aliphatic hydroxyl groups is 1. The van der Waals surface area contributed by atoms with Crippen LogP contribution in [0.3, 0.4) is 0 Å². The summed E-state index contributed by atoms with van der Waals surface area (Å²) in [5.41, 5.74) is -0.531. The number of halogens is 1. The van der Waals surface area contributed by atoms with Crippen LogP contribution >= 0.6 is 11.6 Å². The summed E-state index contributed by atoms with van der Waals surface area (Å²) in [6.07, 6.45) is 0.534. The fourth-order valence-electron chi connectivity index (χ4n) is 2.94. The monoisotopic (exact) mass is 367 g/mol. The van der Waals surface area contributed by atoms with Crippen LogP contribution in [-0.4, -0.2) is 36.0 Å². The molecule has 0 bridgehead atoms. The number of hydrogen-bond donors (Lipinski definition) is 2. The van der Waals surface area contributed by atoms with E-state index >= 15 is 0 Å². The number of phenolic OH excluding ortho intramolecular Hbond substituents is 1. The van der Waals surface area contributed by atoms with E-state index in [4.69, 9.17) is 11.6 Å². The first-order valence-electron chi connectivity index (χ1n) is 7.59. The summed E-state index contributed by atoms with van der Waals surface area (Å²) in [6.45, 7) is 0.411. The summed E-state index contributed by atoms with van der Waals surface area (Å²) in [7, 11) is -3.61. The molecule has 0 radical (unpaired) electrons. The molecular formula is C17H18ClNO4S. The molecule has 0 aromatic heterocycles. The van der Waals surface area contributed by atoms with Crippen molar-refractivity contribution >= 4 is 21.6 Å². The van der Waals surface area contributed by atoms with Gasteiger partial charge in [-0.3, -0.25) is 0 Å². The zero-order valence-electron chi connectivity index (χ0n) is 12.9. The molecule has 1 saturated heterocycles. The second-order valence-corrected chi connectivity index (χ2v) is 8.31. The Bertz CT molecular complexity index is 828. The van der Waals surface area contributed by atoms with E-state index in [1.807, 2.05) is 0 Å². The Labute approximate surface area is 146 Å². The highest BCUT2D eigenvalue weighted by atomic mass is 35.5. The number of aromatic hydroxyl groups is 1. The zero-order chi connectivity index (χ0) is 17.4. The molecule has 0 saturated carbocycles. The van der Waals surface area contributed by atoms with E-state index in [1.165, 1.54) is 28.6 Å². The number of sulfonamides is 1. The van der Waals surface area contributed by atoms with Gasteiger partial charge in [-0.2, -0.15) is 4.31 Å². The van der Waals surface area contributed by atoms with Gasteiger partial charge in [0.25, 0.3) is 0 Å². The third kappa shape index (κ3) is 3.28. The van der Waals surface area contributed by atoms with E-state index in [0.717, 1.165) is 0 Å². The smallest absolute Gasteiger partial charge is 0.243 e. The Kier molecular flexibility index (Phi) is 4.57. The van der Waals surface area contributed by atoms with Crippen molar-refractivity contribution < 1.29 is 18.6 Å². The average Bonchev–Trinajstić information content (AvgIpc) is 2.56. The first-order chi connectivity index (χ1) is 11.3. The third-order valence-corrected chi connectivity index (χ3v) is 6.55. The summed E-state index contributed by atoms with van der Waals surface area (Å²) >= 11 is 5.80. The van der Waals surface area contributed by atoms with Gasteiger partial charge in [-0.15, -0.1) is 0 Å². The molecule has 1 heterocycles. The minimum absolute atomic E-state index is 0.0807. The minimum atomic E-state index is -3.61. The van der Waals surface area contributed by atoms with Crippen molar-refractivity contribution in [1.82, 2.24) is 4.31 Å². The lowest BCUT2D eigenvalue weighted by Gasteiger charge is -2.37. The van der Waals surface area contributed by atoms with Gasteiger partial charge in [0.1, 0.15) is 5.75 Å². The predicted octanol–water partition coefficient (Wildman–Crippen LogP) is 2.72. The minimum Gasteiger partial charge on any atom is -0.508 e. The maximum Gasteiger partial charge on any atom is 0.243 e. The summed E-state index contributed by atoms with van der Waals surface area (Å²) in [5.74, 6) is 0.0807. The van der Waals surface area contributed by atoms with Gasteiger partial charge in [0, 0.05) is 18.1 Å². The van der Waals surface area contributed by atoms with Gasteiger partial charge in [-0.05, 0) is 54.8 Å². The maximum atomic E-state index is 12.7. The molecule has 3 rings (SSSR count). The van der Waals surface area contributed by atoms with Gasteiger partial charge in [0.15, 0.2) is 0 Å². The van der Waals surface area contributed by atoms with Crippen molar-refractivity contribution in [3.8, 4) is 5.75 Å². The lowest BCUT2D eigenvalue weighted by molar-refractivity contribution is -0.00977. The van der Waals surface area contributed by atoms with Gasteiger partial charge in [0.2, 0.25) is 10.0 Å². The van der Waals surface area contributed by atoms with Crippen molar-refractivity contribution in [2.24, 2.45) is 0 Å². The van der Waals surface area contributed by atoms with Crippen LogP contribution in [0.2, 0.25) is 5.02 Å². The Morgan fingerprint density at radius 1 is 1.04 bits per heavy atom. The van der Waals surface area contributed by atoms with E-state index in [0.29, 0.717) is 10.6 Å². The summed E-state index contributed by atoms with van der Waals surface area (Å²) in [6, 6.07) is 12.5. The van der Waals surface area contributed by atoms with Crippen molar-refractivity contribution in [3.63, 3.8) is 0 Å².